The van der Waals surface area contributed by atoms with Gasteiger partial charge in [0.2, 0.25) is 0 Å². The quantitative estimate of drug-likeness (QED) is 0.607. The predicted octanol–water partition coefficient (Wildman–Crippen LogP) is 1.98. The van der Waals surface area contributed by atoms with Crippen LogP contribution in [0.2, 0.25) is 0 Å². The molecule has 0 saturated carbocycles. The summed E-state index contributed by atoms with van der Waals surface area (Å²) in [6.07, 6.45) is 2.25. The summed E-state index contributed by atoms with van der Waals surface area (Å²) < 4.78 is 5.45. The van der Waals surface area contributed by atoms with Crippen molar-refractivity contribution in [2.45, 2.75) is 32.3 Å². The van der Waals surface area contributed by atoms with Gasteiger partial charge in [-0.1, -0.05) is 6.42 Å². The molecular formula is C8H14OY-2. The Bertz CT molecular complexity index is 95.4. The van der Waals surface area contributed by atoms with Gasteiger partial charge in [0.15, 0.2) is 0 Å². The molecule has 0 aromatic carbocycles. The monoisotopic (exact) mass is 215 g/mol. The zero-order valence-electron chi connectivity index (χ0n) is 6.81. The summed E-state index contributed by atoms with van der Waals surface area (Å²) in [7, 11) is 0. The topological polar surface area (TPSA) is 9.23 Å². The molecular weight excluding hydrogens is 201 g/mol. The summed E-state index contributed by atoms with van der Waals surface area (Å²) in [5.74, 6) is 1.29. The maximum atomic E-state index is 5.45. The largest absolute Gasteiger partial charge is 0.437 e. The third-order valence-electron chi connectivity index (χ3n) is 2.01. The van der Waals surface area contributed by atoms with E-state index in [-0.39, 0.29) is 38.3 Å². The maximum absolute atomic E-state index is 5.45. The summed E-state index contributed by atoms with van der Waals surface area (Å²) in [6, 6.07) is 0. The van der Waals surface area contributed by atoms with Crippen LogP contribution in [0.1, 0.15) is 26.7 Å². The van der Waals surface area contributed by atoms with E-state index in [1.165, 1.54) is 5.92 Å². The standard InChI is InChI=1S/C8H14O.Y/c1-7(2)8(3)5-4-6-9-8;/h3-6H2,1-2H3;/q-2;. The Morgan fingerprint density at radius 3 is 2.30 bits per heavy atom. The molecule has 1 unspecified atom stereocenters. The molecule has 1 radical (unpaired) electrons. The zero-order valence-corrected chi connectivity index (χ0v) is 9.65. The van der Waals surface area contributed by atoms with Crippen LogP contribution in [0, 0.1) is 12.8 Å². The molecule has 0 spiro atoms. The fourth-order valence-electron chi connectivity index (χ4n) is 1.09. The van der Waals surface area contributed by atoms with E-state index in [0.717, 1.165) is 19.4 Å². The third-order valence-corrected chi connectivity index (χ3v) is 2.01. The molecule has 0 amide bonds. The summed E-state index contributed by atoms with van der Waals surface area (Å²) >= 11 is 0. The van der Waals surface area contributed by atoms with Crippen LogP contribution in [0.25, 0.3) is 0 Å². The van der Waals surface area contributed by atoms with Gasteiger partial charge in [0, 0.05) is 39.3 Å². The van der Waals surface area contributed by atoms with E-state index in [4.69, 9.17) is 4.74 Å². The van der Waals surface area contributed by atoms with Gasteiger partial charge in [0.05, 0.1) is 0 Å². The molecule has 0 N–H and O–H groups in total. The molecule has 0 bridgehead atoms. The van der Waals surface area contributed by atoms with E-state index in [2.05, 4.69) is 20.8 Å². The van der Waals surface area contributed by atoms with Crippen molar-refractivity contribution < 1.29 is 37.4 Å². The second-order valence-corrected chi connectivity index (χ2v) is 2.95. The molecule has 0 aromatic rings. The maximum Gasteiger partial charge on any atom is 0.0403 e. The fraction of sp³-hybridized carbons (Fsp3) is 0.750. The van der Waals surface area contributed by atoms with Gasteiger partial charge in [-0.3, -0.25) is 0 Å². The van der Waals surface area contributed by atoms with E-state index < -0.39 is 0 Å². The molecule has 1 rings (SSSR count). The van der Waals surface area contributed by atoms with Crippen molar-refractivity contribution in [3.63, 3.8) is 0 Å². The van der Waals surface area contributed by atoms with Gasteiger partial charge in [-0.05, 0) is 6.42 Å². The molecule has 1 aliphatic rings. The van der Waals surface area contributed by atoms with E-state index in [1.807, 2.05) is 0 Å². The van der Waals surface area contributed by atoms with Gasteiger partial charge in [-0.25, -0.2) is 0 Å². The molecule has 0 aromatic heterocycles. The molecule has 1 saturated heterocycles. The van der Waals surface area contributed by atoms with Crippen molar-refractivity contribution in [2.75, 3.05) is 6.61 Å². The van der Waals surface area contributed by atoms with Gasteiger partial charge >= 0.3 is 0 Å². The van der Waals surface area contributed by atoms with Gasteiger partial charge < -0.3 is 17.6 Å². The first kappa shape index (κ1) is 11.1. The first-order chi connectivity index (χ1) is 4.15. The summed E-state index contributed by atoms with van der Waals surface area (Å²) in [5, 5.41) is 0. The van der Waals surface area contributed by atoms with Crippen molar-refractivity contribution >= 4 is 0 Å². The van der Waals surface area contributed by atoms with Crippen molar-refractivity contribution in [1.29, 1.82) is 0 Å². The average molecular weight is 215 g/mol. The Morgan fingerprint density at radius 1 is 1.50 bits per heavy atom. The molecule has 1 atom stereocenters. The van der Waals surface area contributed by atoms with Crippen LogP contribution in [0.15, 0.2) is 0 Å². The molecule has 1 nitrogen and oxygen atoms in total. The van der Waals surface area contributed by atoms with Crippen molar-refractivity contribution in [2.24, 2.45) is 0 Å². The van der Waals surface area contributed by atoms with Crippen LogP contribution in [-0.2, 0) is 37.4 Å². The third kappa shape index (κ3) is 2.28. The fourth-order valence-corrected chi connectivity index (χ4v) is 1.09. The van der Waals surface area contributed by atoms with Crippen molar-refractivity contribution in [3.05, 3.63) is 12.8 Å². The summed E-state index contributed by atoms with van der Waals surface area (Å²) in [4.78, 5) is 0. The van der Waals surface area contributed by atoms with Gasteiger partial charge in [-0.2, -0.15) is 19.4 Å². The van der Waals surface area contributed by atoms with E-state index in [9.17, 15) is 0 Å². The second kappa shape index (κ2) is 4.18. The zero-order chi connectivity index (χ0) is 6.91. The van der Waals surface area contributed by atoms with Crippen LogP contribution in [0.3, 0.4) is 0 Å². The first-order valence-electron chi connectivity index (χ1n) is 3.45. The van der Waals surface area contributed by atoms with Crippen LogP contribution in [0.5, 0.6) is 0 Å². The Hall–Kier alpha value is 1.06. The Morgan fingerprint density at radius 2 is 2.10 bits per heavy atom. The Kier molecular flexibility index (Phi) is 4.62. The second-order valence-electron chi connectivity index (χ2n) is 2.95. The Balaban J connectivity index is 0.000000810. The molecule has 57 valence electrons. The number of hydrogen-bond donors (Lipinski definition) is 0. The first-order valence-corrected chi connectivity index (χ1v) is 3.45. The minimum absolute atomic E-state index is 0. The summed E-state index contributed by atoms with van der Waals surface area (Å²) in [5.41, 5.74) is -0.139. The van der Waals surface area contributed by atoms with Crippen LogP contribution < -0.4 is 0 Å². The van der Waals surface area contributed by atoms with Crippen LogP contribution in [0.4, 0.5) is 0 Å². The van der Waals surface area contributed by atoms with Crippen LogP contribution >= 0.6 is 0 Å². The molecule has 2 heteroatoms. The SMILES string of the molecule is [CH2-]C1([C-](C)C)CCCO1.[Y]. The van der Waals surface area contributed by atoms with Gasteiger partial charge in [-0.15, -0.1) is 0 Å². The minimum atomic E-state index is -0.139. The average Bonchev–Trinajstić information content (AvgIpc) is 2.16. The molecule has 1 aliphatic heterocycles. The van der Waals surface area contributed by atoms with Crippen molar-refractivity contribution in [3.8, 4) is 0 Å². The molecule has 1 heterocycles. The number of hydrogen-bond acceptors (Lipinski definition) is 1. The van der Waals surface area contributed by atoms with Gasteiger partial charge in [0.25, 0.3) is 0 Å². The minimum Gasteiger partial charge on any atom is -0.437 e. The van der Waals surface area contributed by atoms with Crippen LogP contribution in [-0.4, -0.2) is 12.2 Å². The molecule has 1 fully saturated rings. The molecule has 10 heavy (non-hydrogen) atoms. The van der Waals surface area contributed by atoms with E-state index in [0.29, 0.717) is 0 Å². The molecule has 0 aliphatic carbocycles. The van der Waals surface area contributed by atoms with Crippen molar-refractivity contribution in [1.82, 2.24) is 0 Å². The smallest absolute Gasteiger partial charge is 0.0403 e. The predicted molar refractivity (Wildman–Crippen MR) is 37.9 cm³/mol. The number of ether oxygens (including phenoxy) is 1. The Labute approximate surface area is 88.8 Å². The summed E-state index contributed by atoms with van der Waals surface area (Å²) in [6.45, 7) is 9.06. The normalized spacial score (nSPS) is 32.4. The van der Waals surface area contributed by atoms with E-state index >= 15 is 0 Å². The van der Waals surface area contributed by atoms with E-state index in [1.54, 1.807) is 0 Å². The number of rotatable bonds is 1. The van der Waals surface area contributed by atoms with Gasteiger partial charge in [0.1, 0.15) is 0 Å².